The number of benzene rings is 1. The van der Waals surface area contributed by atoms with Crippen molar-refractivity contribution in [1.29, 1.82) is 0 Å². The van der Waals surface area contributed by atoms with E-state index in [-0.39, 0.29) is 17.9 Å². The molecule has 0 aliphatic carbocycles. The van der Waals surface area contributed by atoms with Gasteiger partial charge < -0.3 is 4.74 Å². The Hall–Kier alpha value is -1.16. The van der Waals surface area contributed by atoms with Crippen molar-refractivity contribution in [3.05, 3.63) is 29.3 Å². The first-order valence-electron chi connectivity index (χ1n) is 5.23. The molecule has 0 fully saturated rings. The summed E-state index contributed by atoms with van der Waals surface area (Å²) >= 11 is 5.20. The minimum absolute atomic E-state index is 0.120. The van der Waals surface area contributed by atoms with Crippen LogP contribution in [0.4, 0.5) is 8.78 Å². The van der Waals surface area contributed by atoms with Gasteiger partial charge in [-0.25, -0.2) is 4.39 Å². The SMILES string of the molecule is CC(C)CCOc1cc(C(=O)Cl)cc(F)c1F. The van der Waals surface area contributed by atoms with Crippen molar-refractivity contribution in [2.24, 2.45) is 5.92 Å². The third kappa shape index (κ3) is 3.97. The van der Waals surface area contributed by atoms with Gasteiger partial charge in [0.05, 0.1) is 6.61 Å². The van der Waals surface area contributed by atoms with Crippen molar-refractivity contribution in [3.63, 3.8) is 0 Å². The van der Waals surface area contributed by atoms with Crippen LogP contribution in [0.2, 0.25) is 0 Å². The maximum atomic E-state index is 13.3. The van der Waals surface area contributed by atoms with Gasteiger partial charge in [0.2, 0.25) is 5.82 Å². The average Bonchev–Trinajstić information content (AvgIpc) is 2.23. The van der Waals surface area contributed by atoms with Crippen LogP contribution in [0.25, 0.3) is 0 Å². The molecule has 0 saturated heterocycles. The summed E-state index contributed by atoms with van der Waals surface area (Å²) in [4.78, 5) is 10.9. The van der Waals surface area contributed by atoms with Crippen molar-refractivity contribution in [1.82, 2.24) is 0 Å². The van der Waals surface area contributed by atoms with Gasteiger partial charge in [0.25, 0.3) is 5.24 Å². The molecular formula is C12H13ClF2O2. The van der Waals surface area contributed by atoms with Gasteiger partial charge in [-0.05, 0) is 36.1 Å². The van der Waals surface area contributed by atoms with Crippen molar-refractivity contribution < 1.29 is 18.3 Å². The van der Waals surface area contributed by atoms with E-state index in [1.807, 2.05) is 13.8 Å². The molecule has 1 rings (SSSR count). The van der Waals surface area contributed by atoms with E-state index in [2.05, 4.69) is 0 Å². The Kier molecular flexibility index (Phi) is 4.87. The van der Waals surface area contributed by atoms with E-state index in [1.165, 1.54) is 0 Å². The third-order valence-electron chi connectivity index (χ3n) is 2.17. The second-order valence-corrected chi connectivity index (χ2v) is 4.42. The van der Waals surface area contributed by atoms with Crippen molar-refractivity contribution in [2.45, 2.75) is 20.3 Å². The highest BCUT2D eigenvalue weighted by Crippen LogP contribution is 2.23. The fraction of sp³-hybridized carbons (Fsp3) is 0.417. The van der Waals surface area contributed by atoms with Crippen molar-refractivity contribution >= 4 is 16.8 Å². The van der Waals surface area contributed by atoms with Crippen LogP contribution in [0.15, 0.2) is 12.1 Å². The zero-order valence-corrected chi connectivity index (χ0v) is 10.4. The highest BCUT2D eigenvalue weighted by molar-refractivity contribution is 6.67. The van der Waals surface area contributed by atoms with Gasteiger partial charge in [-0.2, -0.15) is 4.39 Å². The molecule has 0 spiro atoms. The van der Waals surface area contributed by atoms with Crippen LogP contribution in [0.5, 0.6) is 5.75 Å². The molecule has 2 nitrogen and oxygen atoms in total. The second kappa shape index (κ2) is 5.96. The van der Waals surface area contributed by atoms with Crippen LogP contribution in [0.3, 0.4) is 0 Å². The molecule has 0 atom stereocenters. The normalized spacial score (nSPS) is 10.7. The minimum Gasteiger partial charge on any atom is -0.490 e. The summed E-state index contributed by atoms with van der Waals surface area (Å²) in [6.45, 7) is 4.23. The Balaban J connectivity index is 2.86. The molecule has 0 aliphatic heterocycles. The van der Waals surface area contributed by atoms with E-state index in [9.17, 15) is 13.6 Å². The molecule has 0 saturated carbocycles. The first-order valence-corrected chi connectivity index (χ1v) is 5.61. The largest absolute Gasteiger partial charge is 0.490 e. The molecule has 5 heteroatoms. The highest BCUT2D eigenvalue weighted by atomic mass is 35.5. The number of halogens is 3. The third-order valence-corrected chi connectivity index (χ3v) is 2.39. The number of ether oxygens (including phenoxy) is 1. The smallest absolute Gasteiger partial charge is 0.252 e. The maximum absolute atomic E-state index is 13.3. The molecule has 0 amide bonds. The molecule has 1 aromatic rings. The Morgan fingerprint density at radius 1 is 1.41 bits per heavy atom. The van der Waals surface area contributed by atoms with Crippen LogP contribution in [0, 0.1) is 17.6 Å². The van der Waals surface area contributed by atoms with E-state index >= 15 is 0 Å². The number of carbonyl (C=O) groups excluding carboxylic acids is 1. The zero-order valence-electron chi connectivity index (χ0n) is 9.60. The zero-order chi connectivity index (χ0) is 13.0. The summed E-state index contributed by atoms with van der Waals surface area (Å²) in [5.41, 5.74) is -0.120. The average molecular weight is 263 g/mol. The molecule has 0 heterocycles. The molecule has 0 aliphatic rings. The number of rotatable bonds is 5. The first kappa shape index (κ1) is 13.9. The minimum atomic E-state index is -1.14. The van der Waals surface area contributed by atoms with E-state index in [0.29, 0.717) is 12.3 Å². The lowest BCUT2D eigenvalue weighted by molar-refractivity contribution is 0.108. The van der Waals surface area contributed by atoms with E-state index in [0.717, 1.165) is 12.1 Å². The monoisotopic (exact) mass is 262 g/mol. The molecule has 94 valence electrons. The summed E-state index contributed by atoms with van der Waals surface area (Å²) in [5.74, 6) is -2.14. The lowest BCUT2D eigenvalue weighted by Gasteiger charge is -2.10. The number of carbonyl (C=O) groups is 1. The van der Waals surface area contributed by atoms with Gasteiger partial charge in [0.1, 0.15) is 0 Å². The summed E-state index contributed by atoms with van der Waals surface area (Å²) in [6, 6.07) is 1.86. The van der Waals surface area contributed by atoms with Crippen LogP contribution in [-0.4, -0.2) is 11.8 Å². The quantitative estimate of drug-likeness (QED) is 0.755. The standard InChI is InChI=1S/C12H13ClF2O2/c1-7(2)3-4-17-10-6-8(12(13)16)5-9(14)11(10)15/h5-7H,3-4H2,1-2H3. The van der Waals surface area contributed by atoms with E-state index < -0.39 is 16.9 Å². The van der Waals surface area contributed by atoms with Crippen molar-refractivity contribution in [2.75, 3.05) is 6.61 Å². The van der Waals surface area contributed by atoms with E-state index in [4.69, 9.17) is 16.3 Å². The number of hydrogen-bond acceptors (Lipinski definition) is 2. The summed E-state index contributed by atoms with van der Waals surface area (Å²) < 4.78 is 31.5. The van der Waals surface area contributed by atoms with Crippen LogP contribution in [0.1, 0.15) is 30.6 Å². The fourth-order valence-corrected chi connectivity index (χ4v) is 1.30. The molecule has 0 radical (unpaired) electrons. The fourth-order valence-electron chi connectivity index (χ4n) is 1.19. The molecule has 0 N–H and O–H groups in total. The molecule has 17 heavy (non-hydrogen) atoms. The lowest BCUT2D eigenvalue weighted by Crippen LogP contribution is -2.05. The number of hydrogen-bond donors (Lipinski definition) is 0. The summed E-state index contributed by atoms with van der Waals surface area (Å²) in [5, 5.41) is -0.849. The molecule has 1 aromatic carbocycles. The Morgan fingerprint density at radius 2 is 2.06 bits per heavy atom. The van der Waals surface area contributed by atoms with Crippen LogP contribution in [-0.2, 0) is 0 Å². The molecular weight excluding hydrogens is 250 g/mol. The Labute approximate surface area is 104 Å². The lowest BCUT2D eigenvalue weighted by atomic mass is 10.1. The molecule has 0 aromatic heterocycles. The second-order valence-electron chi connectivity index (χ2n) is 4.07. The van der Waals surface area contributed by atoms with Crippen molar-refractivity contribution in [3.8, 4) is 5.75 Å². The molecule has 0 bridgehead atoms. The van der Waals surface area contributed by atoms with Gasteiger partial charge in [0, 0.05) is 5.56 Å². The van der Waals surface area contributed by atoms with Gasteiger partial charge in [-0.15, -0.1) is 0 Å². The van der Waals surface area contributed by atoms with Gasteiger partial charge in [0.15, 0.2) is 11.6 Å². The van der Waals surface area contributed by atoms with Gasteiger partial charge in [-0.3, -0.25) is 4.79 Å². The predicted octanol–water partition coefficient (Wildman–Crippen LogP) is 3.77. The van der Waals surface area contributed by atoms with Gasteiger partial charge >= 0.3 is 0 Å². The van der Waals surface area contributed by atoms with Crippen LogP contribution >= 0.6 is 11.6 Å². The first-order chi connectivity index (χ1) is 7.91. The highest BCUT2D eigenvalue weighted by Gasteiger charge is 2.15. The maximum Gasteiger partial charge on any atom is 0.252 e. The van der Waals surface area contributed by atoms with Gasteiger partial charge in [-0.1, -0.05) is 13.8 Å². The Morgan fingerprint density at radius 3 is 2.59 bits per heavy atom. The summed E-state index contributed by atoms with van der Waals surface area (Å²) in [6.07, 6.45) is 0.708. The summed E-state index contributed by atoms with van der Waals surface area (Å²) in [7, 11) is 0. The topological polar surface area (TPSA) is 26.3 Å². The predicted molar refractivity (Wildman–Crippen MR) is 61.5 cm³/mol. The molecule has 0 unspecified atom stereocenters. The van der Waals surface area contributed by atoms with E-state index in [1.54, 1.807) is 0 Å². The van der Waals surface area contributed by atoms with Crippen LogP contribution < -0.4 is 4.74 Å². The Bertz CT molecular complexity index is 419.